The van der Waals surface area contributed by atoms with Crippen molar-refractivity contribution in [2.24, 2.45) is 0 Å². The van der Waals surface area contributed by atoms with Crippen molar-refractivity contribution in [3.8, 4) is 11.5 Å². The molecule has 0 fully saturated rings. The van der Waals surface area contributed by atoms with E-state index in [2.05, 4.69) is 37.7 Å². The van der Waals surface area contributed by atoms with E-state index in [0.717, 1.165) is 11.1 Å². The lowest BCUT2D eigenvalue weighted by molar-refractivity contribution is 1.61. The summed E-state index contributed by atoms with van der Waals surface area (Å²) in [5.74, 6) is 3.21. The molecule has 0 aliphatic rings. The second kappa shape index (κ2) is 4.30. The van der Waals surface area contributed by atoms with Crippen molar-refractivity contribution in [1.82, 2.24) is 0 Å². The average Bonchev–Trinajstić information content (AvgIpc) is 2.14. The van der Waals surface area contributed by atoms with E-state index >= 15 is 0 Å². The maximum atomic E-state index is 3.72. The topological polar surface area (TPSA) is 0 Å². The molecular formula is C13H16Si. The van der Waals surface area contributed by atoms with Crippen molar-refractivity contribution in [1.29, 1.82) is 0 Å². The zero-order valence-corrected chi connectivity index (χ0v) is 10.1. The minimum absolute atomic E-state index is 1.10. The molecular weight excluding hydrogens is 184 g/mol. The molecule has 72 valence electrons. The molecule has 0 atom stereocenters. The Morgan fingerprint density at radius 1 is 1.14 bits per heavy atom. The summed E-state index contributed by atoms with van der Waals surface area (Å²) < 4.78 is 0. The van der Waals surface area contributed by atoms with Gasteiger partial charge in [-0.05, 0) is 17.7 Å². The summed E-state index contributed by atoms with van der Waals surface area (Å²) >= 11 is 0. The maximum absolute atomic E-state index is 3.72. The molecule has 14 heavy (non-hydrogen) atoms. The molecule has 0 saturated carbocycles. The highest BCUT2D eigenvalue weighted by molar-refractivity contribution is 6.83. The van der Waals surface area contributed by atoms with Gasteiger partial charge in [0.15, 0.2) is 0 Å². The van der Waals surface area contributed by atoms with Gasteiger partial charge in [-0.15, -0.1) is 5.54 Å². The number of rotatable bonds is 1. The molecule has 0 amide bonds. The smallest absolute Gasteiger partial charge is 0.127 e. The monoisotopic (exact) mass is 200 g/mol. The van der Waals surface area contributed by atoms with Gasteiger partial charge < -0.3 is 0 Å². The lowest BCUT2D eigenvalue weighted by Crippen LogP contribution is -2.16. The van der Waals surface area contributed by atoms with Crippen LogP contribution in [0.2, 0.25) is 19.6 Å². The first-order chi connectivity index (χ1) is 6.51. The lowest BCUT2D eigenvalue weighted by Gasteiger charge is -2.03. The van der Waals surface area contributed by atoms with Gasteiger partial charge in [0, 0.05) is 5.56 Å². The summed E-state index contributed by atoms with van der Waals surface area (Å²) in [5.41, 5.74) is 5.58. The Bertz CT molecular complexity index is 368. The minimum atomic E-state index is -1.24. The van der Waals surface area contributed by atoms with E-state index in [9.17, 15) is 0 Å². The van der Waals surface area contributed by atoms with Gasteiger partial charge in [-0.3, -0.25) is 0 Å². The number of hydrogen-bond donors (Lipinski definition) is 0. The third-order valence-corrected chi connectivity index (χ3v) is 2.60. The highest BCUT2D eigenvalue weighted by Crippen LogP contribution is 2.05. The summed E-state index contributed by atoms with van der Waals surface area (Å²) in [6.07, 6.45) is 1.84. The molecule has 0 aliphatic heterocycles. The van der Waals surface area contributed by atoms with Gasteiger partial charge in [-0.25, -0.2) is 0 Å². The molecule has 0 bridgehead atoms. The Kier molecular flexibility index (Phi) is 3.32. The van der Waals surface area contributed by atoms with Crippen LogP contribution in [0.4, 0.5) is 0 Å². The normalized spacial score (nSPS) is 10.2. The van der Waals surface area contributed by atoms with Crippen LogP contribution >= 0.6 is 0 Å². The van der Waals surface area contributed by atoms with Gasteiger partial charge >= 0.3 is 0 Å². The SMILES string of the molecule is C=Cc1ccc(C#C[Si](C)(C)C)cc1. The Balaban J connectivity index is 2.87. The van der Waals surface area contributed by atoms with E-state index < -0.39 is 8.07 Å². The van der Waals surface area contributed by atoms with Crippen LogP contribution in [0, 0.1) is 11.5 Å². The highest BCUT2D eigenvalue weighted by atomic mass is 28.3. The van der Waals surface area contributed by atoms with Gasteiger partial charge in [0.1, 0.15) is 8.07 Å². The van der Waals surface area contributed by atoms with Crippen LogP contribution in [0.15, 0.2) is 30.8 Å². The molecule has 0 N–H and O–H groups in total. The highest BCUT2D eigenvalue weighted by Gasteiger charge is 2.07. The van der Waals surface area contributed by atoms with Gasteiger partial charge in [0.25, 0.3) is 0 Å². The summed E-state index contributed by atoms with van der Waals surface area (Å²) in [6, 6.07) is 8.18. The molecule has 1 aromatic carbocycles. The van der Waals surface area contributed by atoms with Crippen molar-refractivity contribution in [3.05, 3.63) is 42.0 Å². The van der Waals surface area contributed by atoms with Crippen molar-refractivity contribution < 1.29 is 0 Å². The van der Waals surface area contributed by atoms with Crippen LogP contribution in [0.25, 0.3) is 6.08 Å². The standard InChI is InChI=1S/C13H16Si/c1-5-12-6-8-13(9-7-12)10-11-14(2,3)4/h5-9H,1H2,2-4H3. The van der Waals surface area contributed by atoms with E-state index in [1.54, 1.807) is 0 Å². The fraction of sp³-hybridized carbons (Fsp3) is 0.231. The van der Waals surface area contributed by atoms with E-state index in [1.807, 2.05) is 30.3 Å². The zero-order valence-electron chi connectivity index (χ0n) is 9.09. The lowest BCUT2D eigenvalue weighted by atomic mass is 10.1. The van der Waals surface area contributed by atoms with E-state index in [1.165, 1.54) is 0 Å². The van der Waals surface area contributed by atoms with Crippen LogP contribution in [0.1, 0.15) is 11.1 Å². The molecule has 0 nitrogen and oxygen atoms in total. The van der Waals surface area contributed by atoms with Crippen LogP contribution in [-0.4, -0.2) is 8.07 Å². The molecule has 0 aliphatic carbocycles. The second-order valence-corrected chi connectivity index (χ2v) is 9.08. The van der Waals surface area contributed by atoms with Crippen LogP contribution < -0.4 is 0 Å². The van der Waals surface area contributed by atoms with Crippen molar-refractivity contribution in [2.75, 3.05) is 0 Å². The van der Waals surface area contributed by atoms with Gasteiger partial charge in [0.2, 0.25) is 0 Å². The van der Waals surface area contributed by atoms with E-state index in [-0.39, 0.29) is 0 Å². The first kappa shape index (κ1) is 10.8. The number of hydrogen-bond acceptors (Lipinski definition) is 0. The first-order valence-electron chi connectivity index (χ1n) is 4.77. The van der Waals surface area contributed by atoms with Crippen molar-refractivity contribution in [2.45, 2.75) is 19.6 Å². The quantitative estimate of drug-likeness (QED) is 0.480. The largest absolute Gasteiger partial charge is 0.129 e. The summed E-state index contributed by atoms with van der Waals surface area (Å²) in [7, 11) is -1.24. The Morgan fingerprint density at radius 2 is 1.71 bits per heavy atom. The molecule has 0 saturated heterocycles. The fourth-order valence-electron chi connectivity index (χ4n) is 0.962. The van der Waals surface area contributed by atoms with Crippen LogP contribution in [-0.2, 0) is 0 Å². The zero-order chi connectivity index (χ0) is 10.6. The fourth-order valence-corrected chi connectivity index (χ4v) is 1.48. The number of benzene rings is 1. The van der Waals surface area contributed by atoms with Crippen LogP contribution in [0.3, 0.4) is 0 Å². The summed E-state index contributed by atoms with van der Waals surface area (Å²) in [4.78, 5) is 0. The molecule has 0 radical (unpaired) electrons. The average molecular weight is 200 g/mol. The molecule has 0 aromatic heterocycles. The molecule has 0 spiro atoms. The van der Waals surface area contributed by atoms with Crippen molar-refractivity contribution >= 4 is 14.1 Å². The third-order valence-electron chi connectivity index (χ3n) is 1.73. The predicted molar refractivity (Wildman–Crippen MR) is 66.8 cm³/mol. The predicted octanol–water partition coefficient (Wildman–Crippen LogP) is 3.56. The molecule has 1 heteroatoms. The maximum Gasteiger partial charge on any atom is 0.129 e. The van der Waals surface area contributed by atoms with Gasteiger partial charge in [-0.2, -0.15) is 0 Å². The van der Waals surface area contributed by atoms with E-state index in [4.69, 9.17) is 0 Å². The Hall–Kier alpha value is -1.26. The van der Waals surface area contributed by atoms with Crippen LogP contribution in [0.5, 0.6) is 0 Å². The Labute approximate surface area is 87.7 Å². The molecule has 0 heterocycles. The van der Waals surface area contributed by atoms with Gasteiger partial charge in [-0.1, -0.05) is 50.3 Å². The van der Waals surface area contributed by atoms with E-state index in [0.29, 0.717) is 0 Å². The van der Waals surface area contributed by atoms with Gasteiger partial charge in [0.05, 0.1) is 0 Å². The minimum Gasteiger partial charge on any atom is -0.127 e. The molecule has 0 unspecified atom stereocenters. The molecule has 1 rings (SSSR count). The molecule has 1 aromatic rings. The summed E-state index contributed by atoms with van der Waals surface area (Å²) in [6.45, 7) is 10.5. The Morgan fingerprint density at radius 3 is 2.14 bits per heavy atom. The summed E-state index contributed by atoms with van der Waals surface area (Å²) in [5, 5.41) is 0. The first-order valence-corrected chi connectivity index (χ1v) is 8.27. The van der Waals surface area contributed by atoms with Crippen molar-refractivity contribution in [3.63, 3.8) is 0 Å². The second-order valence-electron chi connectivity index (χ2n) is 4.33. The third kappa shape index (κ3) is 3.63.